The molecule has 1 aliphatic carbocycles. The fraction of sp³-hybridized carbons (Fsp3) is 0.324. The summed E-state index contributed by atoms with van der Waals surface area (Å²) in [6.45, 7) is 27.3. The molecule has 9 aromatic rings. The number of thiophene rings is 1. The van der Waals surface area contributed by atoms with Crippen molar-refractivity contribution in [2.75, 3.05) is 14.7 Å². The van der Waals surface area contributed by atoms with Crippen LogP contribution in [0.25, 0.3) is 21.2 Å². The van der Waals surface area contributed by atoms with Gasteiger partial charge in [0.25, 0.3) is 6.71 Å². The highest BCUT2D eigenvalue weighted by Crippen LogP contribution is 2.55. The van der Waals surface area contributed by atoms with E-state index >= 15 is 0 Å². The van der Waals surface area contributed by atoms with E-state index in [0.29, 0.717) is 24.0 Å². The minimum atomic E-state index is -1.47. The Kier molecular flexibility index (Phi) is 7.26. The number of anilines is 9. The lowest BCUT2D eigenvalue weighted by molar-refractivity contribution is 0.332. The Morgan fingerprint density at radius 1 is 0.481 bits per heavy atom. The Morgan fingerprint density at radius 3 is 1.57 bits per heavy atom. The van der Waals surface area contributed by atoms with Gasteiger partial charge in [-0.15, -0.1) is 11.3 Å². The number of hydrogen-bond donors (Lipinski definition) is 0. The molecule has 2 aliphatic heterocycles. The maximum absolute atomic E-state index is 10.9. The Bertz CT molecular complexity index is 5200. The van der Waals surface area contributed by atoms with E-state index in [2.05, 4.69) is 0 Å². The Hall–Kier alpha value is -6.82. The molecule has 0 saturated carbocycles. The quantitative estimate of drug-likeness (QED) is 0.154. The van der Waals surface area contributed by atoms with Crippen LogP contribution < -0.4 is 30.4 Å². The zero-order valence-electron chi connectivity index (χ0n) is 73.0. The lowest BCUT2D eigenvalue weighted by Gasteiger charge is -2.46. The van der Waals surface area contributed by atoms with Crippen molar-refractivity contribution in [1.82, 2.24) is 0 Å². The summed E-state index contributed by atoms with van der Waals surface area (Å²) in [4.78, 5) is 3.70. The second-order valence-corrected chi connectivity index (χ2v) is 27.7. The Morgan fingerprint density at radius 2 is 0.987 bits per heavy atom. The number of fused-ring (bicyclic) bond motifs is 7. The van der Waals surface area contributed by atoms with Crippen molar-refractivity contribution < 1.29 is 34.3 Å². The van der Waals surface area contributed by atoms with Crippen molar-refractivity contribution in [2.24, 2.45) is 0 Å². The van der Waals surface area contributed by atoms with E-state index in [1.807, 2.05) is 27.7 Å². The Labute approximate surface area is 512 Å². The Balaban J connectivity index is 1.46. The minimum absolute atomic E-state index is 0.00505. The van der Waals surface area contributed by atoms with Gasteiger partial charge in [0.1, 0.15) is 0 Å². The van der Waals surface area contributed by atoms with E-state index in [-0.39, 0.29) is 113 Å². The number of nitrogens with zero attached hydrogens (tertiary/aromatic N) is 3. The molecular weight excluding hydrogens is 974 g/mol. The molecule has 79 heavy (non-hydrogen) atoms. The van der Waals surface area contributed by atoms with E-state index in [1.54, 1.807) is 94.1 Å². The van der Waals surface area contributed by atoms with E-state index in [0.717, 1.165) is 16.2 Å². The largest absolute Gasteiger partial charge is 0.311 e. The SMILES string of the molecule is [2H]c1c(N2c3cc(N(c4c([2H])c([2H])c([2H])c([2H])c4[2H])c4c([2H])c([2H])c([2H])c([2H])c4[2H])cc4c3B(c3sc5c([2H])c([2H])c(C(C)(C)C)c([2H])c5c32)c2c([2H])c(C(C)(C)C)c([2H])c([2H])c2N4c2c([2H])c([2H])c(C(C)(C)C)c([2H])c2-c2c([2H])c([2H])c(C(C)(C)C)c([2H])c2[2H])cc2c(c1[2H])C(C)(C)CCC2(C)C. The first kappa shape index (κ1) is 31.3. The second kappa shape index (κ2) is 18.4. The van der Waals surface area contributed by atoms with Crippen LogP contribution in [0.5, 0.6) is 0 Å². The van der Waals surface area contributed by atoms with Crippen molar-refractivity contribution >= 4 is 95.0 Å². The molecule has 1 aromatic heterocycles. The summed E-state index contributed by atoms with van der Waals surface area (Å²) in [6, 6.07) is -11.9. The summed E-state index contributed by atoms with van der Waals surface area (Å²) in [5.41, 5.74) is -8.81. The number of hydrogen-bond acceptors (Lipinski definition) is 4. The van der Waals surface area contributed by atoms with Crippen LogP contribution in [0.2, 0.25) is 0 Å². The normalized spacial score (nSPS) is 20.1. The first-order chi connectivity index (χ1) is 47.6. The van der Waals surface area contributed by atoms with Gasteiger partial charge in [-0.2, -0.15) is 0 Å². The maximum atomic E-state index is 10.9. The van der Waals surface area contributed by atoms with Crippen molar-refractivity contribution in [1.29, 1.82) is 0 Å². The molecule has 5 heteroatoms. The van der Waals surface area contributed by atoms with Crippen LogP contribution in [0.4, 0.5) is 51.2 Å². The summed E-state index contributed by atoms with van der Waals surface area (Å²) < 4.78 is 248. The van der Waals surface area contributed by atoms with Gasteiger partial charge in [-0.3, -0.25) is 0 Å². The molecule has 0 saturated heterocycles. The summed E-state index contributed by atoms with van der Waals surface area (Å²) in [5, 5.41) is 0.0628. The van der Waals surface area contributed by atoms with Crippen LogP contribution in [0.3, 0.4) is 0 Å². The van der Waals surface area contributed by atoms with E-state index in [4.69, 9.17) is 2.74 Å². The highest BCUT2D eigenvalue weighted by Gasteiger charge is 2.47. The molecule has 0 amide bonds. The molecule has 3 heterocycles. The molecule has 3 nitrogen and oxygen atoms in total. The fourth-order valence-corrected chi connectivity index (χ4v) is 12.2. The highest BCUT2D eigenvalue weighted by molar-refractivity contribution is 7.33. The van der Waals surface area contributed by atoms with Crippen LogP contribution in [-0.4, -0.2) is 6.71 Å². The van der Waals surface area contributed by atoms with Gasteiger partial charge in [-0.1, -0.05) is 201 Å². The van der Waals surface area contributed by atoms with Gasteiger partial charge in [0.15, 0.2) is 0 Å². The third kappa shape index (κ3) is 9.04. The molecule has 400 valence electrons. The zero-order valence-corrected chi connectivity index (χ0v) is 48.8. The first-order valence-corrected chi connectivity index (χ1v) is 27.8. The second-order valence-electron chi connectivity index (χ2n) is 26.6. The van der Waals surface area contributed by atoms with E-state index < -0.39 is 188 Å². The monoisotopic (exact) mass is 1080 g/mol. The molecule has 8 aromatic carbocycles. The maximum Gasteiger partial charge on any atom is 0.264 e. The molecule has 0 fully saturated rings. The van der Waals surface area contributed by atoms with Gasteiger partial charge >= 0.3 is 0 Å². The van der Waals surface area contributed by atoms with Crippen molar-refractivity contribution in [3.63, 3.8) is 0 Å². The molecule has 0 bridgehead atoms. The summed E-state index contributed by atoms with van der Waals surface area (Å²) >= 11 is 0.983. The van der Waals surface area contributed by atoms with Crippen LogP contribution in [0, 0.1) is 0 Å². The molecule has 3 aliphatic rings. The van der Waals surface area contributed by atoms with E-state index in [9.17, 15) is 31.5 Å². The predicted molar refractivity (Wildman–Crippen MR) is 346 cm³/mol. The average Bonchev–Trinajstić information content (AvgIpc) is 1.29. The third-order valence-corrected chi connectivity index (χ3v) is 16.8. The van der Waals surface area contributed by atoms with Gasteiger partial charge in [0.2, 0.25) is 0 Å². The van der Waals surface area contributed by atoms with Crippen LogP contribution in [0.1, 0.15) is 191 Å². The van der Waals surface area contributed by atoms with Crippen LogP contribution >= 0.6 is 11.3 Å². The molecular formula is C74H80BN3S. The number of benzene rings is 8. The van der Waals surface area contributed by atoms with Crippen LogP contribution in [0.15, 0.2) is 169 Å². The molecule has 0 atom stereocenters. The van der Waals surface area contributed by atoms with Gasteiger partial charge in [-0.05, 0) is 174 Å². The lowest BCUT2D eigenvalue weighted by atomic mass is 9.36. The minimum Gasteiger partial charge on any atom is -0.311 e. The van der Waals surface area contributed by atoms with Gasteiger partial charge < -0.3 is 14.7 Å². The standard InChI is InChI=1S/C74H80BN3S/c1-69(2,3)48-29-27-47(28-30-48)56-41-49(70(4,5)6)31-36-61(56)78-62-37-32-51(72(10,11)12)43-60(62)75-66-63(45-55(46-64(66)78)76(52-23-19-17-20-24-52)53-25-21-18-22-26-53)77(54-34-35-58-59(44-54)74(15,16)40-39-73(58,13)14)67-57-42-50(71(7,8)9)33-38-65(57)79-68(67)75/h17-38,41-46H,39-40H2,1-16H3/i17D,18D,19D,20D,21D,22D,23D,24D,25D,26D,27D,28D,29D,30D,31D,32D,33D,34D,35D,36D,37D,38D,41D,42D,43D. The lowest BCUT2D eigenvalue weighted by Crippen LogP contribution is -2.60. The zero-order chi connectivity index (χ0) is 77.7. The van der Waals surface area contributed by atoms with Crippen molar-refractivity contribution in [2.45, 2.75) is 156 Å². The third-order valence-electron chi connectivity index (χ3n) is 15.6. The van der Waals surface area contributed by atoms with Crippen molar-refractivity contribution in [3.8, 4) is 11.1 Å². The molecule has 0 unspecified atom stereocenters. The van der Waals surface area contributed by atoms with Crippen LogP contribution in [-0.2, 0) is 32.5 Å². The fourth-order valence-electron chi connectivity index (χ4n) is 10.9. The molecule has 12 rings (SSSR count). The van der Waals surface area contributed by atoms with Crippen molar-refractivity contribution in [3.05, 3.63) is 203 Å². The van der Waals surface area contributed by atoms with E-state index in [1.165, 1.54) is 17.0 Å². The smallest absolute Gasteiger partial charge is 0.264 e. The number of para-hydroxylation sites is 2. The topological polar surface area (TPSA) is 9.72 Å². The molecule has 0 spiro atoms. The molecule has 0 N–H and O–H groups in total. The van der Waals surface area contributed by atoms with Gasteiger partial charge in [-0.25, -0.2) is 0 Å². The average molecular weight is 1080 g/mol. The van der Waals surface area contributed by atoms with Gasteiger partial charge in [0.05, 0.1) is 51.3 Å². The van der Waals surface area contributed by atoms with Gasteiger partial charge in [0, 0.05) is 54.6 Å². The first-order valence-electron chi connectivity index (χ1n) is 39.5. The summed E-state index contributed by atoms with van der Waals surface area (Å²) in [7, 11) is 0. The summed E-state index contributed by atoms with van der Waals surface area (Å²) in [6.07, 6.45) is 1.22. The molecule has 0 radical (unpaired) electrons. The summed E-state index contributed by atoms with van der Waals surface area (Å²) in [5.74, 6) is 0. The predicted octanol–water partition coefficient (Wildman–Crippen LogP) is 19.7. The highest BCUT2D eigenvalue weighted by atomic mass is 32.1. The number of rotatable bonds is 6.